The topological polar surface area (TPSA) is 70.4 Å². The number of hydrogen-bond acceptors (Lipinski definition) is 6. The maximum atomic E-state index is 12.8. The third-order valence-electron chi connectivity index (χ3n) is 6.43. The number of imidazole rings is 1. The summed E-state index contributed by atoms with van der Waals surface area (Å²) < 4.78 is 12.2. The van der Waals surface area contributed by atoms with E-state index < -0.39 is 0 Å². The summed E-state index contributed by atoms with van der Waals surface area (Å²) in [6, 6.07) is 23.0. The molecule has 0 saturated heterocycles. The molecule has 0 atom stereocenters. The van der Waals surface area contributed by atoms with Gasteiger partial charge >= 0.3 is 11.9 Å². The molecular formula is C31H31ClN2O4S. The molecule has 0 fully saturated rings. The van der Waals surface area contributed by atoms with Gasteiger partial charge in [-0.1, -0.05) is 79.5 Å². The lowest BCUT2D eigenvalue weighted by molar-refractivity contribution is 0.0590. The fraction of sp³-hybridized carbons (Fsp3) is 0.258. The minimum Gasteiger partial charge on any atom is -0.465 e. The number of rotatable bonds is 11. The highest BCUT2D eigenvalue weighted by molar-refractivity contribution is 7.98. The molecule has 8 heteroatoms. The number of nitrogens with zero attached hydrogens (tertiary/aromatic N) is 2. The van der Waals surface area contributed by atoms with Gasteiger partial charge in [-0.2, -0.15) is 0 Å². The zero-order chi connectivity index (χ0) is 27.8. The summed E-state index contributed by atoms with van der Waals surface area (Å²) >= 11 is 8.20. The first kappa shape index (κ1) is 28.5. The number of thioether (sulfide) groups is 1. The van der Waals surface area contributed by atoms with Gasteiger partial charge in [0, 0.05) is 23.6 Å². The van der Waals surface area contributed by atoms with E-state index in [9.17, 15) is 9.59 Å². The number of ether oxygens (including phenoxy) is 2. The largest absolute Gasteiger partial charge is 0.465 e. The molecule has 39 heavy (non-hydrogen) atoms. The van der Waals surface area contributed by atoms with Crippen LogP contribution in [0.25, 0.3) is 11.1 Å². The van der Waals surface area contributed by atoms with Crippen molar-refractivity contribution in [2.45, 2.75) is 43.4 Å². The van der Waals surface area contributed by atoms with Gasteiger partial charge in [0.2, 0.25) is 0 Å². The van der Waals surface area contributed by atoms with E-state index in [1.54, 1.807) is 6.07 Å². The van der Waals surface area contributed by atoms with E-state index in [1.165, 1.54) is 26.0 Å². The molecule has 0 saturated carbocycles. The first-order valence-corrected chi connectivity index (χ1v) is 14.1. The SMILES string of the molecule is CCCCc1nc(Cl)c(CSc2ccccc2C(=O)OC)n1Cc1ccc(-c2ccccc2)c(C(=O)OC)c1. The predicted molar refractivity (Wildman–Crippen MR) is 156 cm³/mol. The first-order valence-electron chi connectivity index (χ1n) is 12.8. The highest BCUT2D eigenvalue weighted by Gasteiger charge is 2.20. The van der Waals surface area contributed by atoms with Crippen LogP contribution in [0.5, 0.6) is 0 Å². The lowest BCUT2D eigenvalue weighted by Crippen LogP contribution is -2.11. The lowest BCUT2D eigenvalue weighted by atomic mass is 9.97. The molecule has 0 aliphatic rings. The van der Waals surface area contributed by atoms with E-state index in [0.29, 0.717) is 28.6 Å². The average molecular weight is 563 g/mol. The highest BCUT2D eigenvalue weighted by atomic mass is 35.5. The summed E-state index contributed by atoms with van der Waals surface area (Å²) in [6.07, 6.45) is 2.79. The number of aryl methyl sites for hydroxylation is 1. The fourth-order valence-corrected chi connectivity index (χ4v) is 5.81. The van der Waals surface area contributed by atoms with Crippen LogP contribution < -0.4 is 0 Å². The molecule has 0 bridgehead atoms. The van der Waals surface area contributed by atoms with Gasteiger partial charge in [-0.15, -0.1) is 11.8 Å². The molecular weight excluding hydrogens is 532 g/mol. The molecule has 6 nitrogen and oxygen atoms in total. The number of carbonyl (C=O) groups excluding carboxylic acids is 2. The fourth-order valence-electron chi connectivity index (χ4n) is 4.39. The predicted octanol–water partition coefficient (Wildman–Crippen LogP) is 7.46. The monoisotopic (exact) mass is 562 g/mol. The summed E-state index contributed by atoms with van der Waals surface area (Å²) in [7, 11) is 2.77. The standard InChI is InChI=1S/C31H31ClN2O4S/c1-4-5-15-28-33-29(32)26(20-39-27-14-10-9-13-24(27)30(35)37-2)34(28)19-21-16-17-23(22-11-7-6-8-12-22)25(18-21)31(36)38-3/h6-14,16-18H,4-5,15,19-20H2,1-3H3. The van der Waals surface area contributed by atoms with Crippen LogP contribution in [-0.4, -0.2) is 35.7 Å². The molecule has 4 aromatic rings. The smallest absolute Gasteiger partial charge is 0.338 e. The lowest BCUT2D eigenvalue weighted by Gasteiger charge is -2.15. The molecule has 4 rings (SSSR count). The van der Waals surface area contributed by atoms with Crippen LogP contribution in [0.2, 0.25) is 5.15 Å². The third-order valence-corrected chi connectivity index (χ3v) is 7.82. The second-order valence-corrected chi connectivity index (χ2v) is 10.3. The van der Waals surface area contributed by atoms with E-state index in [1.807, 2.05) is 66.7 Å². The van der Waals surface area contributed by atoms with Crippen molar-refractivity contribution in [1.82, 2.24) is 9.55 Å². The Bertz CT molecular complexity index is 1450. The van der Waals surface area contributed by atoms with Crippen molar-refractivity contribution in [2.24, 2.45) is 0 Å². The van der Waals surface area contributed by atoms with Crippen molar-refractivity contribution < 1.29 is 19.1 Å². The van der Waals surface area contributed by atoms with Crippen molar-refractivity contribution in [3.05, 3.63) is 106 Å². The number of benzene rings is 3. The van der Waals surface area contributed by atoms with Gasteiger partial charge in [-0.25, -0.2) is 14.6 Å². The van der Waals surface area contributed by atoms with Crippen molar-refractivity contribution in [3.63, 3.8) is 0 Å². The number of carbonyl (C=O) groups is 2. The molecule has 1 aromatic heterocycles. The van der Waals surface area contributed by atoms with Crippen LogP contribution in [0.3, 0.4) is 0 Å². The second kappa shape index (κ2) is 13.5. The van der Waals surface area contributed by atoms with E-state index >= 15 is 0 Å². The molecule has 0 aliphatic heterocycles. The number of aromatic nitrogens is 2. The van der Waals surface area contributed by atoms with Gasteiger partial charge in [-0.05, 0) is 41.3 Å². The summed E-state index contributed by atoms with van der Waals surface area (Å²) in [5.41, 5.74) is 4.57. The minimum atomic E-state index is -0.388. The van der Waals surface area contributed by atoms with Gasteiger partial charge in [-0.3, -0.25) is 0 Å². The quantitative estimate of drug-likeness (QED) is 0.139. The van der Waals surface area contributed by atoms with E-state index in [-0.39, 0.29) is 11.9 Å². The first-order chi connectivity index (χ1) is 19.0. The zero-order valence-corrected chi connectivity index (χ0v) is 23.8. The molecule has 0 unspecified atom stereocenters. The molecule has 0 radical (unpaired) electrons. The molecule has 3 aromatic carbocycles. The Morgan fingerprint density at radius 1 is 0.923 bits per heavy atom. The summed E-state index contributed by atoms with van der Waals surface area (Å²) in [4.78, 5) is 30.5. The van der Waals surface area contributed by atoms with Crippen LogP contribution in [0.1, 0.15) is 57.6 Å². The molecule has 0 aliphatic carbocycles. The normalized spacial score (nSPS) is 10.9. The Hall–Kier alpha value is -3.55. The van der Waals surface area contributed by atoms with Gasteiger partial charge in [0.1, 0.15) is 5.82 Å². The van der Waals surface area contributed by atoms with Crippen LogP contribution in [0, 0.1) is 0 Å². The number of esters is 2. The van der Waals surface area contributed by atoms with Crippen molar-refractivity contribution in [1.29, 1.82) is 0 Å². The van der Waals surface area contributed by atoms with Crippen LogP contribution >= 0.6 is 23.4 Å². The van der Waals surface area contributed by atoms with Gasteiger partial charge in [0.05, 0.1) is 31.0 Å². The second-order valence-electron chi connectivity index (χ2n) is 8.97. The molecule has 0 amide bonds. The number of unbranched alkanes of at least 4 members (excludes halogenated alkanes) is 1. The van der Waals surface area contributed by atoms with Crippen molar-refractivity contribution >= 4 is 35.3 Å². The summed E-state index contributed by atoms with van der Waals surface area (Å²) in [5.74, 6) is 0.638. The molecule has 0 spiro atoms. The maximum Gasteiger partial charge on any atom is 0.338 e. The Balaban J connectivity index is 1.70. The Labute approximate surface area is 238 Å². The summed E-state index contributed by atoms with van der Waals surface area (Å²) in [6.45, 7) is 2.63. The van der Waals surface area contributed by atoms with Crippen LogP contribution in [0.15, 0.2) is 77.7 Å². The van der Waals surface area contributed by atoms with Gasteiger partial charge < -0.3 is 14.0 Å². The Morgan fingerprint density at radius 3 is 2.33 bits per heavy atom. The maximum absolute atomic E-state index is 12.8. The van der Waals surface area contributed by atoms with E-state index in [4.69, 9.17) is 26.1 Å². The zero-order valence-electron chi connectivity index (χ0n) is 22.3. The number of methoxy groups -OCH3 is 2. The average Bonchev–Trinajstić information content (AvgIpc) is 3.27. The van der Waals surface area contributed by atoms with E-state index in [2.05, 4.69) is 11.5 Å². The molecule has 0 N–H and O–H groups in total. The number of hydrogen-bond donors (Lipinski definition) is 0. The third kappa shape index (κ3) is 6.72. The highest BCUT2D eigenvalue weighted by Crippen LogP contribution is 2.32. The molecule has 202 valence electrons. The van der Waals surface area contributed by atoms with Gasteiger partial charge in [0.25, 0.3) is 0 Å². The van der Waals surface area contributed by atoms with Crippen LogP contribution in [0.4, 0.5) is 0 Å². The Kier molecular flexibility index (Phi) is 9.85. The molecule has 1 heterocycles. The van der Waals surface area contributed by atoms with Crippen molar-refractivity contribution in [3.8, 4) is 11.1 Å². The summed E-state index contributed by atoms with van der Waals surface area (Å²) in [5, 5.41) is 0.443. The van der Waals surface area contributed by atoms with Gasteiger partial charge in [0.15, 0.2) is 5.15 Å². The Morgan fingerprint density at radius 2 is 1.62 bits per heavy atom. The minimum absolute atomic E-state index is 0.379. The van der Waals surface area contributed by atoms with Crippen LogP contribution in [-0.2, 0) is 28.2 Å². The van der Waals surface area contributed by atoms with E-state index in [0.717, 1.165) is 52.4 Å². The van der Waals surface area contributed by atoms with Crippen molar-refractivity contribution in [2.75, 3.05) is 14.2 Å². The number of halogens is 1.